The van der Waals surface area contributed by atoms with Crippen molar-refractivity contribution in [3.05, 3.63) is 35.1 Å². The van der Waals surface area contributed by atoms with Gasteiger partial charge in [-0.05, 0) is 37.3 Å². The maximum absolute atomic E-state index is 13.7. The van der Waals surface area contributed by atoms with E-state index in [4.69, 9.17) is 5.11 Å². The van der Waals surface area contributed by atoms with E-state index >= 15 is 0 Å². The van der Waals surface area contributed by atoms with Crippen molar-refractivity contribution in [3.63, 3.8) is 0 Å². The van der Waals surface area contributed by atoms with Crippen molar-refractivity contribution in [2.75, 3.05) is 13.1 Å². The SMILES string of the molecule is O=C(O)CCC1CCCN(C(=O)c2ccc(F)c(F)c2F)C1. The Morgan fingerprint density at radius 1 is 1.23 bits per heavy atom. The maximum atomic E-state index is 13.7. The third-order valence-corrected chi connectivity index (χ3v) is 3.84. The summed E-state index contributed by atoms with van der Waals surface area (Å²) in [7, 11) is 0. The number of halogens is 3. The lowest BCUT2D eigenvalue weighted by atomic mass is 9.93. The number of likely N-dealkylation sites (tertiary alicyclic amines) is 1. The molecule has 0 bridgehead atoms. The van der Waals surface area contributed by atoms with Gasteiger partial charge in [0.15, 0.2) is 17.5 Å². The molecular weight excluding hydrogens is 299 g/mol. The van der Waals surface area contributed by atoms with E-state index in [1.54, 1.807) is 0 Å². The van der Waals surface area contributed by atoms with Gasteiger partial charge in [-0.1, -0.05) is 0 Å². The summed E-state index contributed by atoms with van der Waals surface area (Å²) in [5.41, 5.74) is -0.502. The number of hydrogen-bond donors (Lipinski definition) is 1. The van der Waals surface area contributed by atoms with Crippen LogP contribution in [-0.4, -0.2) is 35.0 Å². The van der Waals surface area contributed by atoms with Crippen molar-refractivity contribution in [2.24, 2.45) is 5.92 Å². The molecule has 7 heteroatoms. The molecule has 0 aliphatic carbocycles. The second-order valence-electron chi connectivity index (χ2n) is 5.41. The van der Waals surface area contributed by atoms with Gasteiger partial charge in [-0.3, -0.25) is 9.59 Å². The average Bonchev–Trinajstić information content (AvgIpc) is 2.50. The normalized spacial score (nSPS) is 18.3. The third-order valence-electron chi connectivity index (χ3n) is 3.84. The van der Waals surface area contributed by atoms with Crippen LogP contribution in [0.5, 0.6) is 0 Å². The van der Waals surface area contributed by atoms with Crippen LogP contribution in [0, 0.1) is 23.4 Å². The number of carbonyl (C=O) groups excluding carboxylic acids is 1. The average molecular weight is 315 g/mol. The fourth-order valence-corrected chi connectivity index (χ4v) is 2.67. The Balaban J connectivity index is 2.09. The van der Waals surface area contributed by atoms with E-state index in [1.165, 1.54) is 4.90 Å². The highest BCUT2D eigenvalue weighted by Gasteiger charge is 2.28. The molecule has 1 N–H and O–H groups in total. The lowest BCUT2D eigenvalue weighted by molar-refractivity contribution is -0.137. The van der Waals surface area contributed by atoms with Gasteiger partial charge in [-0.15, -0.1) is 0 Å². The fraction of sp³-hybridized carbons (Fsp3) is 0.467. The molecule has 22 heavy (non-hydrogen) atoms. The van der Waals surface area contributed by atoms with Gasteiger partial charge in [0.05, 0.1) is 5.56 Å². The first-order chi connectivity index (χ1) is 10.4. The van der Waals surface area contributed by atoms with Crippen LogP contribution in [0.15, 0.2) is 12.1 Å². The Morgan fingerprint density at radius 2 is 1.95 bits per heavy atom. The van der Waals surface area contributed by atoms with Crippen LogP contribution >= 0.6 is 0 Å². The van der Waals surface area contributed by atoms with Crippen molar-refractivity contribution >= 4 is 11.9 Å². The van der Waals surface area contributed by atoms with Crippen molar-refractivity contribution < 1.29 is 27.9 Å². The number of piperidine rings is 1. The van der Waals surface area contributed by atoms with Gasteiger partial charge in [0.25, 0.3) is 5.91 Å². The number of nitrogens with zero attached hydrogens (tertiary/aromatic N) is 1. The van der Waals surface area contributed by atoms with Crippen LogP contribution in [0.2, 0.25) is 0 Å². The molecule has 1 heterocycles. The van der Waals surface area contributed by atoms with Crippen molar-refractivity contribution in [3.8, 4) is 0 Å². The minimum absolute atomic E-state index is 0.00619. The number of carbonyl (C=O) groups is 2. The molecule has 120 valence electrons. The van der Waals surface area contributed by atoms with Crippen LogP contribution in [0.4, 0.5) is 13.2 Å². The van der Waals surface area contributed by atoms with E-state index in [0.717, 1.165) is 18.6 Å². The number of amides is 1. The molecule has 1 unspecified atom stereocenters. The Morgan fingerprint density at radius 3 is 2.64 bits per heavy atom. The first-order valence-corrected chi connectivity index (χ1v) is 7.04. The molecule has 1 fully saturated rings. The molecule has 1 aromatic rings. The van der Waals surface area contributed by atoms with Crippen molar-refractivity contribution in [2.45, 2.75) is 25.7 Å². The zero-order valence-corrected chi connectivity index (χ0v) is 11.8. The molecular formula is C15H16F3NO3. The summed E-state index contributed by atoms with van der Waals surface area (Å²) in [6.07, 6.45) is 1.89. The third kappa shape index (κ3) is 3.58. The van der Waals surface area contributed by atoms with E-state index in [9.17, 15) is 22.8 Å². The van der Waals surface area contributed by atoms with Crippen molar-refractivity contribution in [1.29, 1.82) is 0 Å². The molecule has 1 aromatic carbocycles. The van der Waals surface area contributed by atoms with Crippen molar-refractivity contribution in [1.82, 2.24) is 4.90 Å². The maximum Gasteiger partial charge on any atom is 0.303 e. The molecule has 1 aliphatic rings. The second kappa shape index (κ2) is 6.81. The van der Waals surface area contributed by atoms with E-state index in [0.29, 0.717) is 25.9 Å². The van der Waals surface area contributed by atoms with Gasteiger partial charge in [0.1, 0.15) is 0 Å². The Labute approximate surface area is 125 Å². The summed E-state index contributed by atoms with van der Waals surface area (Å²) in [6, 6.07) is 1.65. The van der Waals surface area contributed by atoms with Gasteiger partial charge in [-0.25, -0.2) is 13.2 Å². The quantitative estimate of drug-likeness (QED) is 0.869. The van der Waals surface area contributed by atoms with Crippen LogP contribution in [-0.2, 0) is 4.79 Å². The highest BCUT2D eigenvalue weighted by Crippen LogP contribution is 2.24. The van der Waals surface area contributed by atoms with Gasteiger partial charge in [-0.2, -0.15) is 0 Å². The Bertz CT molecular complexity index is 592. The number of aliphatic carboxylic acids is 1. The first kappa shape index (κ1) is 16.3. The summed E-state index contributed by atoms with van der Waals surface area (Å²) in [6.45, 7) is 0.686. The minimum Gasteiger partial charge on any atom is -0.481 e. The summed E-state index contributed by atoms with van der Waals surface area (Å²) in [4.78, 5) is 24.2. The number of carboxylic acids is 1. The molecule has 0 spiro atoms. The molecule has 1 aliphatic heterocycles. The second-order valence-corrected chi connectivity index (χ2v) is 5.41. The van der Waals surface area contributed by atoms with Gasteiger partial charge >= 0.3 is 5.97 Å². The summed E-state index contributed by atoms with van der Waals surface area (Å²) < 4.78 is 39.8. The van der Waals surface area contributed by atoms with E-state index in [2.05, 4.69) is 0 Å². The van der Waals surface area contributed by atoms with Crippen LogP contribution < -0.4 is 0 Å². The number of hydrogen-bond acceptors (Lipinski definition) is 2. The Hall–Kier alpha value is -2.05. The predicted octanol–water partition coefficient (Wildman–Crippen LogP) is 2.82. The summed E-state index contributed by atoms with van der Waals surface area (Å²) in [5.74, 6) is -6.08. The molecule has 4 nitrogen and oxygen atoms in total. The summed E-state index contributed by atoms with van der Waals surface area (Å²) in [5, 5.41) is 8.68. The topological polar surface area (TPSA) is 57.6 Å². The first-order valence-electron chi connectivity index (χ1n) is 7.04. The lowest BCUT2D eigenvalue weighted by Gasteiger charge is -2.32. The van der Waals surface area contributed by atoms with E-state index in [-0.39, 0.29) is 12.3 Å². The number of benzene rings is 1. The van der Waals surface area contributed by atoms with Gasteiger partial charge in [0.2, 0.25) is 0 Å². The zero-order valence-electron chi connectivity index (χ0n) is 11.8. The molecule has 2 rings (SSSR count). The van der Waals surface area contributed by atoms with Crippen LogP contribution in [0.25, 0.3) is 0 Å². The Kier molecular flexibility index (Phi) is 5.05. The molecule has 1 atom stereocenters. The molecule has 0 aromatic heterocycles. The summed E-state index contributed by atoms with van der Waals surface area (Å²) >= 11 is 0. The smallest absolute Gasteiger partial charge is 0.303 e. The predicted molar refractivity (Wildman–Crippen MR) is 71.8 cm³/mol. The van der Waals surface area contributed by atoms with Crippen LogP contribution in [0.1, 0.15) is 36.0 Å². The number of carboxylic acid groups (broad SMARTS) is 1. The fourth-order valence-electron chi connectivity index (χ4n) is 2.67. The number of rotatable bonds is 4. The zero-order chi connectivity index (χ0) is 16.3. The van der Waals surface area contributed by atoms with E-state index in [1.807, 2.05) is 0 Å². The molecule has 1 amide bonds. The van der Waals surface area contributed by atoms with E-state index < -0.39 is 34.9 Å². The lowest BCUT2D eigenvalue weighted by Crippen LogP contribution is -2.40. The highest BCUT2D eigenvalue weighted by atomic mass is 19.2. The van der Waals surface area contributed by atoms with Gasteiger partial charge in [0, 0.05) is 19.5 Å². The molecule has 0 saturated carbocycles. The molecule has 1 saturated heterocycles. The molecule has 0 radical (unpaired) electrons. The standard InChI is InChI=1S/C15H16F3NO3/c16-11-5-4-10(13(17)14(11)18)15(22)19-7-1-2-9(8-19)3-6-12(20)21/h4-5,9H,1-3,6-8H2,(H,20,21). The monoisotopic (exact) mass is 315 g/mol. The minimum atomic E-state index is -1.66. The highest BCUT2D eigenvalue weighted by molar-refractivity contribution is 5.94. The largest absolute Gasteiger partial charge is 0.481 e. The van der Waals surface area contributed by atoms with Gasteiger partial charge < -0.3 is 10.0 Å². The van der Waals surface area contributed by atoms with Crippen LogP contribution in [0.3, 0.4) is 0 Å².